The Morgan fingerprint density at radius 2 is 2.37 bits per heavy atom. The minimum absolute atomic E-state index is 0.397. The fraction of sp³-hybridized carbons (Fsp3) is 0.643. The van der Waals surface area contributed by atoms with Gasteiger partial charge in [0.25, 0.3) is 0 Å². The average molecular weight is 266 g/mol. The van der Waals surface area contributed by atoms with Gasteiger partial charge < -0.3 is 19.9 Å². The zero-order valence-corrected chi connectivity index (χ0v) is 11.3. The maximum absolute atomic E-state index is 9.75. The van der Waals surface area contributed by atoms with Crippen molar-refractivity contribution in [3.8, 4) is 5.88 Å². The van der Waals surface area contributed by atoms with Gasteiger partial charge in [-0.05, 0) is 24.8 Å². The van der Waals surface area contributed by atoms with Gasteiger partial charge in [0, 0.05) is 31.5 Å². The quantitative estimate of drug-likeness (QED) is 0.697. The van der Waals surface area contributed by atoms with E-state index in [0.717, 1.165) is 18.1 Å². The molecule has 1 aromatic rings. The molecule has 1 aliphatic carbocycles. The zero-order chi connectivity index (χ0) is 13.5. The predicted molar refractivity (Wildman–Crippen MR) is 72.0 cm³/mol. The molecule has 5 nitrogen and oxygen atoms in total. The van der Waals surface area contributed by atoms with Crippen molar-refractivity contribution < 1.29 is 14.6 Å². The van der Waals surface area contributed by atoms with E-state index in [9.17, 15) is 5.11 Å². The Labute approximate surface area is 114 Å². The summed E-state index contributed by atoms with van der Waals surface area (Å²) in [5.41, 5.74) is 0.982. The number of nitrogens with zero attached hydrogens (tertiary/aromatic N) is 1. The largest absolute Gasteiger partial charge is 0.481 e. The molecule has 2 rings (SSSR count). The van der Waals surface area contributed by atoms with Crippen molar-refractivity contribution in [1.82, 2.24) is 10.3 Å². The standard InChI is InChI=1S/C14H22N2O3/c1-18-14-12(3-2-6-16-14)7-15-8-13(17)10-19-9-11-4-5-11/h2-3,6,11,13,15,17H,4-5,7-10H2,1H3. The number of hydrogen-bond acceptors (Lipinski definition) is 5. The average Bonchev–Trinajstić information content (AvgIpc) is 3.23. The summed E-state index contributed by atoms with van der Waals surface area (Å²) in [6.45, 7) is 2.31. The van der Waals surface area contributed by atoms with Gasteiger partial charge in [-0.1, -0.05) is 6.07 Å². The van der Waals surface area contributed by atoms with Crippen LogP contribution < -0.4 is 10.1 Å². The highest BCUT2D eigenvalue weighted by molar-refractivity contribution is 5.24. The second-order valence-electron chi connectivity index (χ2n) is 4.94. The van der Waals surface area contributed by atoms with Crippen LogP contribution in [0.3, 0.4) is 0 Å². The van der Waals surface area contributed by atoms with Crippen molar-refractivity contribution in [3.05, 3.63) is 23.9 Å². The van der Waals surface area contributed by atoms with Gasteiger partial charge in [-0.15, -0.1) is 0 Å². The third-order valence-corrected chi connectivity index (χ3v) is 3.10. The minimum Gasteiger partial charge on any atom is -0.481 e. The van der Waals surface area contributed by atoms with Crippen LogP contribution in [-0.2, 0) is 11.3 Å². The Morgan fingerprint density at radius 3 is 3.11 bits per heavy atom. The topological polar surface area (TPSA) is 63.6 Å². The van der Waals surface area contributed by atoms with E-state index in [1.165, 1.54) is 12.8 Å². The molecular weight excluding hydrogens is 244 g/mol. The number of aliphatic hydroxyl groups is 1. The summed E-state index contributed by atoms with van der Waals surface area (Å²) in [7, 11) is 1.60. The molecule has 1 saturated carbocycles. The Bertz CT molecular complexity index is 383. The van der Waals surface area contributed by atoms with E-state index in [1.807, 2.05) is 12.1 Å². The summed E-state index contributed by atoms with van der Waals surface area (Å²) < 4.78 is 10.6. The second kappa shape index (κ2) is 7.43. The number of aromatic nitrogens is 1. The number of ether oxygens (including phenoxy) is 2. The number of hydrogen-bond donors (Lipinski definition) is 2. The molecule has 1 aromatic heterocycles. The van der Waals surface area contributed by atoms with Crippen LogP contribution in [0.15, 0.2) is 18.3 Å². The molecule has 0 aromatic carbocycles. The lowest BCUT2D eigenvalue weighted by Crippen LogP contribution is -2.30. The molecular formula is C14H22N2O3. The maximum Gasteiger partial charge on any atom is 0.217 e. The van der Waals surface area contributed by atoms with Crippen molar-refractivity contribution in [3.63, 3.8) is 0 Å². The van der Waals surface area contributed by atoms with E-state index in [4.69, 9.17) is 9.47 Å². The fourth-order valence-electron chi connectivity index (χ4n) is 1.83. The molecule has 2 N–H and O–H groups in total. The summed E-state index contributed by atoms with van der Waals surface area (Å²) in [6, 6.07) is 3.82. The van der Waals surface area contributed by atoms with Crippen LogP contribution in [0.2, 0.25) is 0 Å². The van der Waals surface area contributed by atoms with Crippen molar-refractivity contribution in [1.29, 1.82) is 0 Å². The monoisotopic (exact) mass is 266 g/mol. The van der Waals surface area contributed by atoms with Crippen LogP contribution in [0.1, 0.15) is 18.4 Å². The lowest BCUT2D eigenvalue weighted by molar-refractivity contribution is 0.0324. The minimum atomic E-state index is -0.471. The second-order valence-corrected chi connectivity index (χ2v) is 4.94. The van der Waals surface area contributed by atoms with Gasteiger partial charge in [0.05, 0.1) is 19.8 Å². The first-order valence-electron chi connectivity index (χ1n) is 6.74. The predicted octanol–water partition coefficient (Wildman–Crippen LogP) is 0.967. The molecule has 0 spiro atoms. The maximum atomic E-state index is 9.75. The Morgan fingerprint density at radius 1 is 1.53 bits per heavy atom. The van der Waals surface area contributed by atoms with E-state index in [0.29, 0.717) is 25.6 Å². The van der Waals surface area contributed by atoms with E-state index in [1.54, 1.807) is 13.3 Å². The van der Waals surface area contributed by atoms with Crippen molar-refractivity contribution >= 4 is 0 Å². The smallest absolute Gasteiger partial charge is 0.217 e. The first kappa shape index (κ1) is 14.2. The van der Waals surface area contributed by atoms with Gasteiger partial charge in [0.15, 0.2) is 0 Å². The third kappa shape index (κ3) is 5.14. The summed E-state index contributed by atoms with van der Waals surface area (Å²) >= 11 is 0. The summed E-state index contributed by atoms with van der Waals surface area (Å²) in [4.78, 5) is 4.12. The lowest BCUT2D eigenvalue weighted by atomic mass is 10.2. The van der Waals surface area contributed by atoms with Gasteiger partial charge in [-0.25, -0.2) is 4.98 Å². The Kier molecular flexibility index (Phi) is 5.57. The Balaban J connectivity index is 1.61. The zero-order valence-electron chi connectivity index (χ0n) is 11.3. The number of pyridine rings is 1. The van der Waals surface area contributed by atoms with Crippen molar-refractivity contribution in [2.75, 3.05) is 26.9 Å². The van der Waals surface area contributed by atoms with Gasteiger partial charge >= 0.3 is 0 Å². The number of methoxy groups -OCH3 is 1. The van der Waals surface area contributed by atoms with E-state index < -0.39 is 6.10 Å². The first-order chi connectivity index (χ1) is 9.29. The van der Waals surface area contributed by atoms with Gasteiger partial charge in [0.1, 0.15) is 0 Å². The molecule has 0 radical (unpaired) electrons. The van der Waals surface area contributed by atoms with Crippen LogP contribution in [-0.4, -0.2) is 43.1 Å². The highest BCUT2D eigenvalue weighted by Gasteiger charge is 2.21. The molecule has 106 valence electrons. The fourth-order valence-corrected chi connectivity index (χ4v) is 1.83. The highest BCUT2D eigenvalue weighted by Crippen LogP contribution is 2.28. The number of rotatable bonds is 9. The van der Waals surface area contributed by atoms with E-state index in [-0.39, 0.29) is 0 Å². The molecule has 0 bridgehead atoms. The summed E-state index contributed by atoms with van der Waals surface area (Å²) in [6.07, 6.45) is 3.77. The summed E-state index contributed by atoms with van der Waals surface area (Å²) in [5, 5.41) is 12.9. The van der Waals surface area contributed by atoms with Crippen LogP contribution in [0.25, 0.3) is 0 Å². The number of nitrogens with one attached hydrogen (secondary N) is 1. The summed E-state index contributed by atoms with van der Waals surface area (Å²) in [5.74, 6) is 1.36. The third-order valence-electron chi connectivity index (χ3n) is 3.10. The van der Waals surface area contributed by atoms with Crippen LogP contribution in [0.5, 0.6) is 5.88 Å². The molecule has 1 atom stereocenters. The molecule has 1 aliphatic rings. The molecule has 0 aliphatic heterocycles. The highest BCUT2D eigenvalue weighted by atomic mass is 16.5. The molecule has 5 heteroatoms. The molecule has 1 unspecified atom stereocenters. The van der Waals surface area contributed by atoms with Gasteiger partial charge in [0.2, 0.25) is 5.88 Å². The molecule has 0 saturated heterocycles. The lowest BCUT2D eigenvalue weighted by Gasteiger charge is -2.13. The SMILES string of the molecule is COc1ncccc1CNCC(O)COCC1CC1. The molecule has 19 heavy (non-hydrogen) atoms. The Hall–Kier alpha value is -1.17. The van der Waals surface area contributed by atoms with Crippen LogP contribution >= 0.6 is 0 Å². The number of aliphatic hydroxyl groups excluding tert-OH is 1. The normalized spacial score (nSPS) is 16.3. The van der Waals surface area contributed by atoms with Crippen LogP contribution in [0.4, 0.5) is 0 Å². The van der Waals surface area contributed by atoms with Crippen LogP contribution in [0, 0.1) is 5.92 Å². The van der Waals surface area contributed by atoms with E-state index in [2.05, 4.69) is 10.3 Å². The van der Waals surface area contributed by atoms with Crippen molar-refractivity contribution in [2.24, 2.45) is 5.92 Å². The van der Waals surface area contributed by atoms with Gasteiger partial charge in [-0.3, -0.25) is 0 Å². The van der Waals surface area contributed by atoms with E-state index >= 15 is 0 Å². The van der Waals surface area contributed by atoms with Crippen molar-refractivity contribution in [2.45, 2.75) is 25.5 Å². The first-order valence-corrected chi connectivity index (χ1v) is 6.74. The molecule has 1 heterocycles. The molecule has 1 fully saturated rings. The van der Waals surface area contributed by atoms with Gasteiger partial charge in [-0.2, -0.15) is 0 Å². The molecule has 0 amide bonds.